The van der Waals surface area contributed by atoms with E-state index in [0.29, 0.717) is 31.5 Å². The van der Waals surface area contributed by atoms with E-state index >= 15 is 0 Å². The molecule has 0 aliphatic heterocycles. The Balaban J connectivity index is 1.91. The molecule has 1 aliphatic rings. The third kappa shape index (κ3) is 4.37. The number of aryl methyl sites for hydroxylation is 2. The van der Waals surface area contributed by atoms with Gasteiger partial charge in [0.1, 0.15) is 4.83 Å². The van der Waals surface area contributed by atoms with Crippen molar-refractivity contribution in [2.75, 3.05) is 34.0 Å². The zero-order valence-corrected chi connectivity index (χ0v) is 17.5. The number of nitrogens with zero attached hydrogens (tertiary/aromatic N) is 2. The van der Waals surface area contributed by atoms with Crippen molar-refractivity contribution in [1.29, 1.82) is 0 Å². The molecule has 0 aromatic carbocycles. The summed E-state index contributed by atoms with van der Waals surface area (Å²) in [5.41, 5.74) is 1.14. The number of fused-ring (bicyclic) bond motifs is 3. The number of carbonyl (C=O) groups excluding carboxylic acids is 1. The minimum absolute atomic E-state index is 0.0223. The molecule has 1 amide bonds. The second-order valence-electron chi connectivity index (χ2n) is 6.43. The van der Waals surface area contributed by atoms with Crippen molar-refractivity contribution in [3.63, 3.8) is 0 Å². The standard InChI is InChI=1S/C18H25N3O4S2/c1-11(15(22)19-7-9-24-2)26-18-20-16-14(12-5-4-6-13(12)27-16)17(23)21(18)8-10-25-3/h11H,4-10H2,1-3H3,(H,19,22)/t11-/m0/s1. The number of amides is 1. The molecule has 3 rings (SSSR count). The lowest BCUT2D eigenvalue weighted by atomic mass is 10.2. The van der Waals surface area contributed by atoms with E-state index in [1.807, 2.05) is 6.92 Å². The summed E-state index contributed by atoms with van der Waals surface area (Å²) in [6.07, 6.45) is 3.07. The molecule has 2 aromatic heterocycles. The van der Waals surface area contributed by atoms with Gasteiger partial charge in [-0.15, -0.1) is 11.3 Å². The van der Waals surface area contributed by atoms with Gasteiger partial charge in [-0.2, -0.15) is 0 Å². The quantitative estimate of drug-likeness (QED) is 0.385. The number of rotatable bonds is 9. The van der Waals surface area contributed by atoms with Gasteiger partial charge in [-0.05, 0) is 31.7 Å². The van der Waals surface area contributed by atoms with Crippen LogP contribution in [0.5, 0.6) is 0 Å². The molecule has 2 aromatic rings. The first-order valence-electron chi connectivity index (χ1n) is 9.04. The number of ether oxygens (including phenoxy) is 2. The summed E-state index contributed by atoms with van der Waals surface area (Å²) in [5.74, 6) is -0.0987. The first kappa shape index (κ1) is 20.3. The number of thiophene rings is 1. The Hall–Kier alpha value is -1.42. The van der Waals surface area contributed by atoms with Crippen molar-refractivity contribution in [1.82, 2.24) is 14.9 Å². The number of methoxy groups -OCH3 is 2. The second-order valence-corrected chi connectivity index (χ2v) is 8.82. The van der Waals surface area contributed by atoms with Gasteiger partial charge in [0.25, 0.3) is 5.56 Å². The Kier molecular flexibility index (Phi) is 6.91. The van der Waals surface area contributed by atoms with Crippen molar-refractivity contribution < 1.29 is 14.3 Å². The van der Waals surface area contributed by atoms with E-state index in [-0.39, 0.29) is 16.7 Å². The topological polar surface area (TPSA) is 82.5 Å². The zero-order chi connectivity index (χ0) is 19.4. The summed E-state index contributed by atoms with van der Waals surface area (Å²) in [5, 5.41) is 3.78. The molecule has 9 heteroatoms. The number of nitrogens with one attached hydrogen (secondary N) is 1. The van der Waals surface area contributed by atoms with Gasteiger partial charge in [0.2, 0.25) is 5.91 Å². The van der Waals surface area contributed by atoms with Crippen LogP contribution in [-0.2, 0) is 33.7 Å². The highest BCUT2D eigenvalue weighted by Gasteiger charge is 2.25. The molecular formula is C18H25N3O4S2. The fraction of sp³-hybridized carbons (Fsp3) is 0.611. The Morgan fingerprint density at radius 1 is 1.33 bits per heavy atom. The first-order valence-corrected chi connectivity index (χ1v) is 10.7. The molecule has 1 atom stereocenters. The van der Waals surface area contributed by atoms with Gasteiger partial charge in [0.15, 0.2) is 5.16 Å². The van der Waals surface area contributed by atoms with E-state index in [1.54, 1.807) is 30.1 Å². The van der Waals surface area contributed by atoms with Gasteiger partial charge in [0, 0.05) is 25.6 Å². The summed E-state index contributed by atoms with van der Waals surface area (Å²) in [6, 6.07) is 0. The van der Waals surface area contributed by atoms with Gasteiger partial charge in [-0.25, -0.2) is 4.98 Å². The van der Waals surface area contributed by atoms with Gasteiger partial charge in [0.05, 0.1) is 30.4 Å². The van der Waals surface area contributed by atoms with Crippen molar-refractivity contribution in [3.8, 4) is 0 Å². The van der Waals surface area contributed by atoms with Crippen molar-refractivity contribution in [2.45, 2.75) is 43.1 Å². The van der Waals surface area contributed by atoms with Gasteiger partial charge < -0.3 is 14.8 Å². The molecule has 0 saturated heterocycles. The SMILES string of the molecule is COCCNC(=O)[C@H](C)Sc1nc2sc3c(c2c(=O)n1CCOC)CCC3. The third-order valence-electron chi connectivity index (χ3n) is 4.57. The average Bonchev–Trinajstić information content (AvgIpc) is 3.22. The molecular weight excluding hydrogens is 386 g/mol. The normalized spacial score (nSPS) is 14.5. The minimum atomic E-state index is -0.369. The van der Waals surface area contributed by atoms with Gasteiger partial charge >= 0.3 is 0 Å². The smallest absolute Gasteiger partial charge is 0.263 e. The maximum atomic E-state index is 13.2. The number of thioether (sulfide) groups is 1. The maximum Gasteiger partial charge on any atom is 0.263 e. The van der Waals surface area contributed by atoms with Crippen LogP contribution in [0.15, 0.2) is 9.95 Å². The maximum absolute atomic E-state index is 13.2. The molecule has 0 radical (unpaired) electrons. The fourth-order valence-electron chi connectivity index (χ4n) is 3.16. The molecule has 0 unspecified atom stereocenters. The van der Waals surface area contributed by atoms with E-state index in [0.717, 1.165) is 29.5 Å². The van der Waals surface area contributed by atoms with Crippen molar-refractivity contribution in [2.24, 2.45) is 0 Å². The third-order valence-corrected chi connectivity index (χ3v) is 6.84. The number of aromatic nitrogens is 2. The summed E-state index contributed by atoms with van der Waals surface area (Å²) < 4.78 is 11.8. The van der Waals surface area contributed by atoms with Crippen LogP contribution in [0.2, 0.25) is 0 Å². The molecule has 27 heavy (non-hydrogen) atoms. The Morgan fingerprint density at radius 2 is 2.11 bits per heavy atom. The van der Waals surface area contributed by atoms with E-state index in [9.17, 15) is 9.59 Å². The van der Waals surface area contributed by atoms with E-state index < -0.39 is 0 Å². The molecule has 0 spiro atoms. The lowest BCUT2D eigenvalue weighted by molar-refractivity contribution is -0.120. The first-order chi connectivity index (χ1) is 13.1. The molecule has 2 heterocycles. The molecule has 1 aliphatic carbocycles. The predicted octanol–water partition coefficient (Wildman–Crippen LogP) is 1.84. The highest BCUT2D eigenvalue weighted by molar-refractivity contribution is 8.00. The van der Waals surface area contributed by atoms with E-state index in [4.69, 9.17) is 14.5 Å². The summed E-state index contributed by atoms with van der Waals surface area (Å²) in [6.45, 7) is 3.58. The fourth-order valence-corrected chi connectivity index (χ4v) is 5.42. The van der Waals surface area contributed by atoms with Crippen LogP contribution in [-0.4, -0.2) is 54.7 Å². The minimum Gasteiger partial charge on any atom is -0.383 e. The lowest BCUT2D eigenvalue weighted by Crippen LogP contribution is -2.34. The van der Waals surface area contributed by atoms with Crippen LogP contribution in [0.1, 0.15) is 23.8 Å². The largest absolute Gasteiger partial charge is 0.383 e. The van der Waals surface area contributed by atoms with Crippen molar-refractivity contribution in [3.05, 3.63) is 20.8 Å². The molecule has 0 bridgehead atoms. The number of hydrogen-bond donors (Lipinski definition) is 1. The predicted molar refractivity (Wildman–Crippen MR) is 108 cm³/mol. The molecule has 7 nitrogen and oxygen atoms in total. The average molecular weight is 412 g/mol. The number of carbonyl (C=O) groups is 1. The highest BCUT2D eigenvalue weighted by atomic mass is 32.2. The summed E-state index contributed by atoms with van der Waals surface area (Å²) >= 11 is 2.92. The van der Waals surface area contributed by atoms with Crippen LogP contribution in [0.4, 0.5) is 0 Å². The monoisotopic (exact) mass is 411 g/mol. The Morgan fingerprint density at radius 3 is 2.85 bits per heavy atom. The molecule has 148 valence electrons. The van der Waals surface area contributed by atoms with Gasteiger partial charge in [-0.1, -0.05) is 11.8 Å². The van der Waals surface area contributed by atoms with E-state index in [1.165, 1.54) is 22.2 Å². The van der Waals surface area contributed by atoms with Crippen molar-refractivity contribution >= 4 is 39.2 Å². The second kappa shape index (κ2) is 9.18. The van der Waals surface area contributed by atoms with Crippen LogP contribution in [0.3, 0.4) is 0 Å². The Labute approximate surface area is 166 Å². The molecule has 0 saturated carbocycles. The summed E-state index contributed by atoms with van der Waals surface area (Å²) in [4.78, 5) is 32.3. The Bertz CT molecular complexity index is 878. The van der Waals surface area contributed by atoms with Crippen LogP contribution in [0, 0.1) is 0 Å². The van der Waals surface area contributed by atoms with Crippen LogP contribution >= 0.6 is 23.1 Å². The molecule has 0 fully saturated rings. The number of hydrogen-bond acceptors (Lipinski definition) is 7. The zero-order valence-electron chi connectivity index (χ0n) is 15.9. The highest BCUT2D eigenvalue weighted by Crippen LogP contribution is 2.36. The summed E-state index contributed by atoms with van der Waals surface area (Å²) in [7, 11) is 3.20. The van der Waals surface area contributed by atoms with Crippen LogP contribution in [0.25, 0.3) is 10.2 Å². The van der Waals surface area contributed by atoms with Gasteiger partial charge in [-0.3, -0.25) is 14.2 Å². The molecule has 1 N–H and O–H groups in total. The lowest BCUT2D eigenvalue weighted by Gasteiger charge is -2.15. The van der Waals surface area contributed by atoms with E-state index in [2.05, 4.69) is 5.32 Å². The van der Waals surface area contributed by atoms with Crippen LogP contribution < -0.4 is 10.9 Å².